The second-order valence-corrected chi connectivity index (χ2v) is 7.93. The lowest BCUT2D eigenvalue weighted by molar-refractivity contribution is 0.0559. The number of aromatic nitrogens is 2. The average Bonchev–Trinajstić information content (AvgIpc) is 3.45. The zero-order valence-electron chi connectivity index (χ0n) is 16.2. The van der Waals surface area contributed by atoms with Crippen molar-refractivity contribution in [2.75, 3.05) is 26.2 Å². The molecule has 3 aromatic rings. The molecule has 1 aromatic carbocycles. The molecule has 0 bridgehead atoms. The van der Waals surface area contributed by atoms with Crippen LogP contribution in [0.2, 0.25) is 0 Å². The highest BCUT2D eigenvalue weighted by Crippen LogP contribution is 2.27. The summed E-state index contributed by atoms with van der Waals surface area (Å²) < 4.78 is 5.87. The average molecular weight is 397 g/mol. The minimum Gasteiger partial charge on any atom is -0.418 e. The van der Waals surface area contributed by atoms with Crippen LogP contribution in [0.3, 0.4) is 0 Å². The van der Waals surface area contributed by atoms with Crippen molar-refractivity contribution in [1.29, 1.82) is 0 Å². The highest BCUT2D eigenvalue weighted by Gasteiger charge is 2.28. The molecule has 1 unspecified atom stereocenters. The monoisotopic (exact) mass is 396 g/mol. The molecule has 1 aliphatic rings. The molecule has 0 N–H and O–H groups in total. The van der Waals surface area contributed by atoms with Gasteiger partial charge >= 0.3 is 0 Å². The summed E-state index contributed by atoms with van der Waals surface area (Å²) in [6, 6.07) is 11.9. The Labute approximate surface area is 168 Å². The van der Waals surface area contributed by atoms with Crippen molar-refractivity contribution in [3.05, 3.63) is 58.8 Å². The summed E-state index contributed by atoms with van der Waals surface area (Å²) in [6.45, 7) is 7.17. The van der Waals surface area contributed by atoms with Gasteiger partial charge in [0.2, 0.25) is 5.89 Å². The Morgan fingerprint density at radius 2 is 1.89 bits per heavy atom. The van der Waals surface area contributed by atoms with E-state index in [9.17, 15) is 4.79 Å². The molecule has 3 heterocycles. The van der Waals surface area contributed by atoms with E-state index in [0.717, 1.165) is 30.0 Å². The first-order valence-corrected chi connectivity index (χ1v) is 10.5. The van der Waals surface area contributed by atoms with E-state index in [0.29, 0.717) is 24.9 Å². The molecule has 146 valence electrons. The van der Waals surface area contributed by atoms with Crippen LogP contribution in [-0.2, 0) is 6.42 Å². The standard InChI is InChI=1S/C21H24N4O2S/c1-3-16-6-8-17(9-7-16)21(26)25-12-10-24(11-13-25)15(2)19-22-23-20(27-19)18-5-4-14-28-18/h4-9,14-15H,3,10-13H2,1-2H3. The number of carbonyl (C=O) groups is 1. The molecule has 4 rings (SSSR count). The van der Waals surface area contributed by atoms with Crippen LogP contribution in [0.5, 0.6) is 0 Å². The normalized spacial score (nSPS) is 16.3. The van der Waals surface area contributed by atoms with Crippen molar-refractivity contribution in [2.45, 2.75) is 26.3 Å². The van der Waals surface area contributed by atoms with E-state index in [1.165, 1.54) is 5.56 Å². The third-order valence-electron chi connectivity index (χ3n) is 5.29. The lowest BCUT2D eigenvalue weighted by Crippen LogP contribution is -2.49. The number of hydrogen-bond acceptors (Lipinski definition) is 6. The highest BCUT2D eigenvalue weighted by molar-refractivity contribution is 7.13. The van der Waals surface area contributed by atoms with Crippen LogP contribution in [0.4, 0.5) is 0 Å². The van der Waals surface area contributed by atoms with Crippen molar-refractivity contribution in [3.8, 4) is 10.8 Å². The molecule has 0 spiro atoms. The van der Waals surface area contributed by atoms with Crippen molar-refractivity contribution in [2.24, 2.45) is 0 Å². The van der Waals surface area contributed by atoms with Gasteiger partial charge in [-0.3, -0.25) is 9.69 Å². The Morgan fingerprint density at radius 1 is 1.14 bits per heavy atom. The predicted molar refractivity (Wildman–Crippen MR) is 109 cm³/mol. The van der Waals surface area contributed by atoms with Gasteiger partial charge in [-0.1, -0.05) is 25.1 Å². The molecule has 1 amide bonds. The number of nitrogens with zero attached hydrogens (tertiary/aromatic N) is 4. The fourth-order valence-electron chi connectivity index (χ4n) is 3.44. The first-order valence-electron chi connectivity index (χ1n) is 9.65. The summed E-state index contributed by atoms with van der Waals surface area (Å²) >= 11 is 1.59. The van der Waals surface area contributed by atoms with E-state index in [1.54, 1.807) is 11.3 Å². The molecule has 7 heteroatoms. The Kier molecular flexibility index (Phi) is 5.54. The fraction of sp³-hybridized carbons (Fsp3) is 0.381. The summed E-state index contributed by atoms with van der Waals surface area (Å²) in [5, 5.41) is 10.4. The van der Waals surface area contributed by atoms with Gasteiger partial charge in [-0.05, 0) is 42.5 Å². The van der Waals surface area contributed by atoms with Crippen molar-refractivity contribution < 1.29 is 9.21 Å². The highest BCUT2D eigenvalue weighted by atomic mass is 32.1. The molecule has 1 atom stereocenters. The van der Waals surface area contributed by atoms with Crippen LogP contribution >= 0.6 is 11.3 Å². The Balaban J connectivity index is 1.36. The van der Waals surface area contributed by atoms with Crippen LogP contribution in [0.15, 0.2) is 46.2 Å². The van der Waals surface area contributed by atoms with E-state index in [1.807, 2.05) is 46.7 Å². The van der Waals surface area contributed by atoms with Gasteiger partial charge in [-0.2, -0.15) is 0 Å². The maximum atomic E-state index is 12.7. The zero-order chi connectivity index (χ0) is 19.5. The summed E-state index contributed by atoms with van der Waals surface area (Å²) in [5.74, 6) is 1.30. The SMILES string of the molecule is CCc1ccc(C(=O)N2CCN(C(C)c3nnc(-c4cccs4)o3)CC2)cc1. The molecule has 28 heavy (non-hydrogen) atoms. The van der Waals surface area contributed by atoms with Gasteiger partial charge in [0, 0.05) is 31.7 Å². The van der Waals surface area contributed by atoms with E-state index >= 15 is 0 Å². The first-order chi connectivity index (χ1) is 13.7. The third-order valence-corrected chi connectivity index (χ3v) is 6.15. The summed E-state index contributed by atoms with van der Waals surface area (Å²) in [6.07, 6.45) is 0.981. The van der Waals surface area contributed by atoms with Crippen molar-refractivity contribution in [1.82, 2.24) is 20.0 Å². The number of rotatable bonds is 5. The summed E-state index contributed by atoms with van der Waals surface area (Å²) in [7, 11) is 0. The Hall–Kier alpha value is -2.51. The number of hydrogen-bond donors (Lipinski definition) is 0. The number of thiophene rings is 1. The maximum absolute atomic E-state index is 12.7. The van der Waals surface area contributed by atoms with E-state index in [4.69, 9.17) is 4.42 Å². The Morgan fingerprint density at radius 3 is 2.54 bits per heavy atom. The van der Waals surface area contributed by atoms with Gasteiger partial charge in [0.25, 0.3) is 11.8 Å². The minimum atomic E-state index is 0.0299. The fourth-order valence-corrected chi connectivity index (χ4v) is 4.08. The van der Waals surface area contributed by atoms with Crippen LogP contribution in [0.1, 0.15) is 41.7 Å². The summed E-state index contributed by atoms with van der Waals surface area (Å²) in [5.41, 5.74) is 2.01. The number of benzene rings is 1. The minimum absolute atomic E-state index is 0.0299. The lowest BCUT2D eigenvalue weighted by Gasteiger charge is -2.36. The smallest absolute Gasteiger partial charge is 0.257 e. The first kappa shape index (κ1) is 18.8. The number of amides is 1. The molecule has 1 aliphatic heterocycles. The van der Waals surface area contributed by atoms with E-state index in [-0.39, 0.29) is 11.9 Å². The van der Waals surface area contributed by atoms with Gasteiger partial charge in [0.1, 0.15) is 0 Å². The molecule has 0 radical (unpaired) electrons. The zero-order valence-corrected chi connectivity index (χ0v) is 17.0. The molecule has 2 aromatic heterocycles. The van der Waals surface area contributed by atoms with Gasteiger partial charge < -0.3 is 9.32 Å². The number of carbonyl (C=O) groups excluding carboxylic acids is 1. The third kappa shape index (κ3) is 3.86. The lowest BCUT2D eigenvalue weighted by atomic mass is 10.1. The molecule has 1 fully saturated rings. The van der Waals surface area contributed by atoms with Crippen LogP contribution in [0.25, 0.3) is 10.8 Å². The molecule has 1 saturated heterocycles. The maximum Gasteiger partial charge on any atom is 0.257 e. The quantitative estimate of drug-likeness (QED) is 0.655. The predicted octanol–water partition coefficient (Wildman–Crippen LogP) is 3.88. The van der Waals surface area contributed by atoms with Gasteiger partial charge in [0.15, 0.2) is 0 Å². The second-order valence-electron chi connectivity index (χ2n) is 6.98. The molecular weight excluding hydrogens is 372 g/mol. The van der Waals surface area contributed by atoms with Gasteiger partial charge in [-0.15, -0.1) is 21.5 Å². The van der Waals surface area contributed by atoms with Crippen LogP contribution in [-0.4, -0.2) is 52.1 Å². The van der Waals surface area contributed by atoms with E-state index in [2.05, 4.69) is 28.9 Å². The van der Waals surface area contributed by atoms with Crippen molar-refractivity contribution >= 4 is 17.2 Å². The van der Waals surface area contributed by atoms with Crippen molar-refractivity contribution in [3.63, 3.8) is 0 Å². The Bertz CT molecular complexity index is 912. The largest absolute Gasteiger partial charge is 0.418 e. The molecular formula is C21H24N4O2S. The van der Waals surface area contributed by atoms with Crippen LogP contribution in [0, 0.1) is 0 Å². The summed E-state index contributed by atoms with van der Waals surface area (Å²) in [4.78, 5) is 17.9. The van der Waals surface area contributed by atoms with E-state index < -0.39 is 0 Å². The second kappa shape index (κ2) is 8.24. The number of aryl methyl sites for hydroxylation is 1. The molecule has 0 saturated carbocycles. The van der Waals surface area contributed by atoms with Gasteiger partial charge in [-0.25, -0.2) is 0 Å². The molecule has 0 aliphatic carbocycles. The molecule has 6 nitrogen and oxygen atoms in total. The number of piperazine rings is 1. The van der Waals surface area contributed by atoms with Crippen LogP contribution < -0.4 is 0 Å². The topological polar surface area (TPSA) is 62.5 Å². The van der Waals surface area contributed by atoms with Gasteiger partial charge in [0.05, 0.1) is 10.9 Å².